The Kier molecular flexibility index (Phi) is 5.26. The number of thiophene rings is 1. The number of nitrogens with zero attached hydrogens (tertiary/aromatic N) is 1. The Labute approximate surface area is 164 Å². The molecule has 1 aromatic carbocycles. The number of nitrogens with one attached hydrogen (secondary N) is 2. The molecule has 0 saturated heterocycles. The number of amides is 1. The fourth-order valence-electron chi connectivity index (χ4n) is 2.37. The second-order valence-electron chi connectivity index (χ2n) is 5.70. The number of H-pyrrole nitrogens is 1. The summed E-state index contributed by atoms with van der Waals surface area (Å²) >= 11 is 3.54. The van der Waals surface area contributed by atoms with Crippen LogP contribution in [0, 0.1) is 6.92 Å². The number of fused-ring (bicyclic) bond motifs is 1. The maximum Gasteiger partial charge on any atom is 0.400 e. The van der Waals surface area contributed by atoms with Gasteiger partial charge in [-0.1, -0.05) is 0 Å². The van der Waals surface area contributed by atoms with Gasteiger partial charge in [0.2, 0.25) is 0 Å². The van der Waals surface area contributed by atoms with Crippen molar-refractivity contribution in [2.75, 3.05) is 0 Å². The molecule has 4 N–H and O–H groups in total. The molecule has 0 saturated carbocycles. The minimum absolute atomic E-state index is 0.145. The number of halogens is 3. The quantitative estimate of drug-likeness (QED) is 0.415. The van der Waals surface area contributed by atoms with Gasteiger partial charge in [0.15, 0.2) is 0 Å². The highest BCUT2D eigenvalue weighted by atomic mass is 79.9. The van der Waals surface area contributed by atoms with E-state index in [0.29, 0.717) is 21.7 Å². The number of carbonyl (C=O) groups excluding carboxylic acids is 1. The summed E-state index contributed by atoms with van der Waals surface area (Å²) in [7, 11) is -5.69. The highest BCUT2D eigenvalue weighted by Crippen LogP contribution is 2.62. The van der Waals surface area contributed by atoms with Crippen LogP contribution in [-0.4, -0.2) is 25.7 Å². The summed E-state index contributed by atoms with van der Waals surface area (Å²) in [6.07, 6.45) is 1.51. The van der Waals surface area contributed by atoms with E-state index in [4.69, 9.17) is 9.79 Å². The number of aromatic nitrogens is 2. The number of carbonyl (C=O) groups is 1. The minimum atomic E-state index is -5.69. The van der Waals surface area contributed by atoms with Gasteiger partial charge in [0.25, 0.3) is 5.91 Å². The van der Waals surface area contributed by atoms with Crippen LogP contribution in [-0.2, 0) is 16.8 Å². The number of alkyl halides is 2. The fourth-order valence-corrected chi connectivity index (χ4v) is 5.29. The van der Waals surface area contributed by atoms with Crippen molar-refractivity contribution in [1.29, 1.82) is 0 Å². The van der Waals surface area contributed by atoms with Gasteiger partial charge in [-0.3, -0.25) is 9.36 Å². The summed E-state index contributed by atoms with van der Waals surface area (Å²) in [6, 6.07) is 4.30. The first-order valence-corrected chi connectivity index (χ1v) is 10.7. The molecule has 12 heteroatoms. The van der Waals surface area contributed by atoms with E-state index in [1.807, 2.05) is 6.92 Å². The lowest BCUT2D eigenvalue weighted by Crippen LogP contribution is -2.23. The Balaban J connectivity index is 1.91. The molecule has 3 aromatic rings. The van der Waals surface area contributed by atoms with Gasteiger partial charge in [-0.15, -0.1) is 11.3 Å². The zero-order valence-corrected chi connectivity index (χ0v) is 17.0. The monoisotopic (exact) mass is 479 g/mol. The lowest BCUT2D eigenvalue weighted by Gasteiger charge is -2.16. The standard InChI is InChI=1S/C15H13BrF2N3O4PS/c1-7-10(21-6-20-7)5-19-14(22)8-2-3-11-9(4-8)12(16)13(27-11)15(17,18)26(23,24)25/h2-4,6H,5H2,1H3,(H,19,22)(H,20,21)(H2,23,24,25). The van der Waals surface area contributed by atoms with E-state index < -0.39 is 24.0 Å². The number of rotatable bonds is 5. The molecule has 27 heavy (non-hydrogen) atoms. The van der Waals surface area contributed by atoms with E-state index in [1.54, 1.807) is 0 Å². The SMILES string of the molecule is Cc1[nH]cnc1CNC(=O)c1ccc2sc(C(F)(F)P(=O)(O)O)c(Br)c2c1. The number of hydrogen-bond donors (Lipinski definition) is 4. The minimum Gasteiger partial charge on any atom is -0.348 e. The molecule has 2 heterocycles. The van der Waals surface area contributed by atoms with Gasteiger partial charge in [0, 0.05) is 25.8 Å². The van der Waals surface area contributed by atoms with Crippen LogP contribution in [0.15, 0.2) is 29.0 Å². The smallest absolute Gasteiger partial charge is 0.348 e. The van der Waals surface area contributed by atoms with E-state index in [-0.39, 0.29) is 22.0 Å². The van der Waals surface area contributed by atoms with Crippen molar-refractivity contribution in [3.05, 3.63) is 50.8 Å². The number of benzene rings is 1. The summed E-state index contributed by atoms with van der Waals surface area (Å²) < 4.78 is 39.5. The summed E-state index contributed by atoms with van der Waals surface area (Å²) in [5.41, 5.74) is -2.62. The first-order chi connectivity index (χ1) is 12.5. The van der Waals surface area contributed by atoms with Gasteiger partial charge in [-0.25, -0.2) is 4.98 Å². The molecule has 2 aromatic heterocycles. The average molecular weight is 480 g/mol. The molecule has 0 aliphatic heterocycles. The van der Waals surface area contributed by atoms with Crippen molar-refractivity contribution >= 4 is 50.9 Å². The Morgan fingerprint density at radius 3 is 2.74 bits per heavy atom. The van der Waals surface area contributed by atoms with Crippen LogP contribution in [0.4, 0.5) is 8.78 Å². The molecule has 7 nitrogen and oxygen atoms in total. The van der Waals surface area contributed by atoms with Crippen molar-refractivity contribution in [2.24, 2.45) is 0 Å². The van der Waals surface area contributed by atoms with E-state index >= 15 is 0 Å². The molecule has 0 aliphatic carbocycles. The summed E-state index contributed by atoms with van der Waals surface area (Å²) in [6.45, 7) is 2.00. The van der Waals surface area contributed by atoms with Crippen molar-refractivity contribution in [2.45, 2.75) is 19.1 Å². The van der Waals surface area contributed by atoms with E-state index in [0.717, 1.165) is 5.69 Å². The van der Waals surface area contributed by atoms with Gasteiger partial charge >= 0.3 is 13.3 Å². The largest absolute Gasteiger partial charge is 0.400 e. The first kappa shape index (κ1) is 20.1. The molecule has 144 valence electrons. The molecule has 1 amide bonds. The van der Waals surface area contributed by atoms with Crippen LogP contribution in [0.1, 0.15) is 26.6 Å². The second-order valence-corrected chi connectivity index (χ2v) is 9.19. The maximum atomic E-state index is 14.1. The molecular formula is C15H13BrF2N3O4PS. The summed E-state index contributed by atoms with van der Waals surface area (Å²) in [5.74, 6) is -0.430. The average Bonchev–Trinajstić information content (AvgIpc) is 3.15. The van der Waals surface area contributed by atoms with Crippen LogP contribution in [0.2, 0.25) is 0 Å². The second kappa shape index (κ2) is 7.06. The summed E-state index contributed by atoms with van der Waals surface area (Å²) in [4.78, 5) is 36.4. The maximum absolute atomic E-state index is 14.1. The molecule has 0 atom stereocenters. The normalized spacial score (nSPS) is 12.5. The molecule has 0 bridgehead atoms. The third-order valence-electron chi connectivity index (χ3n) is 3.88. The van der Waals surface area contributed by atoms with Crippen LogP contribution in [0.3, 0.4) is 0 Å². The summed E-state index contributed by atoms with van der Waals surface area (Å²) in [5, 5.41) is 2.95. The third-order valence-corrected chi connectivity index (χ3v) is 7.31. The van der Waals surface area contributed by atoms with Gasteiger partial charge in [0.05, 0.1) is 18.6 Å². The third kappa shape index (κ3) is 3.70. The lowest BCUT2D eigenvalue weighted by atomic mass is 10.1. The zero-order valence-electron chi connectivity index (χ0n) is 13.7. The fraction of sp³-hybridized carbons (Fsp3) is 0.200. The number of aromatic amines is 1. The zero-order chi connectivity index (χ0) is 20.0. The van der Waals surface area contributed by atoms with Gasteiger partial charge in [-0.2, -0.15) is 8.78 Å². The van der Waals surface area contributed by atoms with Gasteiger partial charge in [-0.05, 0) is 41.1 Å². The highest BCUT2D eigenvalue weighted by Gasteiger charge is 2.53. The molecule has 0 aliphatic rings. The first-order valence-electron chi connectivity index (χ1n) is 7.45. The van der Waals surface area contributed by atoms with E-state index in [9.17, 15) is 18.1 Å². The molecule has 0 radical (unpaired) electrons. The molecule has 0 fully saturated rings. The number of imidazole rings is 1. The highest BCUT2D eigenvalue weighted by molar-refractivity contribution is 9.10. The Hall–Kier alpha value is -1.65. The van der Waals surface area contributed by atoms with Crippen LogP contribution < -0.4 is 5.32 Å². The van der Waals surface area contributed by atoms with E-state index in [2.05, 4.69) is 31.2 Å². The van der Waals surface area contributed by atoms with E-state index in [1.165, 1.54) is 24.5 Å². The molecule has 0 unspecified atom stereocenters. The predicted molar refractivity (Wildman–Crippen MR) is 100.0 cm³/mol. The van der Waals surface area contributed by atoms with Crippen LogP contribution in [0.25, 0.3) is 10.1 Å². The topological polar surface area (TPSA) is 115 Å². The predicted octanol–water partition coefficient (Wildman–Crippen LogP) is 3.85. The molecular weight excluding hydrogens is 467 g/mol. The van der Waals surface area contributed by atoms with Gasteiger partial charge in [0.1, 0.15) is 4.88 Å². The lowest BCUT2D eigenvalue weighted by molar-refractivity contribution is 0.0595. The van der Waals surface area contributed by atoms with Crippen molar-refractivity contribution in [3.63, 3.8) is 0 Å². The van der Waals surface area contributed by atoms with Crippen molar-refractivity contribution < 1.29 is 27.9 Å². The Bertz CT molecular complexity index is 1080. The Morgan fingerprint density at radius 1 is 1.44 bits per heavy atom. The van der Waals surface area contributed by atoms with Crippen molar-refractivity contribution in [1.82, 2.24) is 15.3 Å². The van der Waals surface area contributed by atoms with Crippen molar-refractivity contribution in [3.8, 4) is 0 Å². The van der Waals surface area contributed by atoms with Gasteiger partial charge < -0.3 is 20.1 Å². The molecule has 3 rings (SSSR count). The molecule has 0 spiro atoms. The van der Waals surface area contributed by atoms with Crippen LogP contribution in [0.5, 0.6) is 0 Å². The number of hydrogen-bond acceptors (Lipinski definition) is 4. The van der Waals surface area contributed by atoms with Crippen LogP contribution >= 0.6 is 34.9 Å². The Morgan fingerprint density at radius 2 is 2.15 bits per heavy atom. The number of aryl methyl sites for hydroxylation is 1.